The smallest absolute Gasteiger partial charge is 0.228 e. The standard InChI is InChI=1S/C15H20N2O/c1-2-11-5-7-12(8-6-11)17-14-4-3-9-16-13(14)10-15(17)18/h5-8,13-14,16H,2-4,9-10H2,1H3. The van der Waals surface area contributed by atoms with Gasteiger partial charge in [0.25, 0.3) is 0 Å². The summed E-state index contributed by atoms with van der Waals surface area (Å²) in [5.41, 5.74) is 2.39. The fourth-order valence-corrected chi connectivity index (χ4v) is 3.15. The van der Waals surface area contributed by atoms with Crippen LogP contribution in [0.15, 0.2) is 24.3 Å². The topological polar surface area (TPSA) is 32.3 Å². The molecule has 3 heteroatoms. The molecule has 0 aromatic heterocycles. The summed E-state index contributed by atoms with van der Waals surface area (Å²) in [5.74, 6) is 0.267. The minimum absolute atomic E-state index is 0.267. The average Bonchev–Trinajstić information content (AvgIpc) is 2.75. The number of piperidine rings is 1. The van der Waals surface area contributed by atoms with Crippen molar-refractivity contribution in [1.29, 1.82) is 0 Å². The molecule has 0 aliphatic carbocycles. The minimum Gasteiger partial charge on any atom is -0.311 e. The molecule has 0 spiro atoms. The first-order valence-electron chi connectivity index (χ1n) is 6.94. The van der Waals surface area contributed by atoms with E-state index in [0.717, 1.165) is 31.5 Å². The van der Waals surface area contributed by atoms with Crippen molar-refractivity contribution < 1.29 is 4.79 Å². The number of hydrogen-bond donors (Lipinski definition) is 1. The first-order valence-corrected chi connectivity index (χ1v) is 6.94. The summed E-state index contributed by atoms with van der Waals surface area (Å²) in [6.45, 7) is 3.20. The Labute approximate surface area is 108 Å². The molecule has 18 heavy (non-hydrogen) atoms. The molecule has 3 rings (SSSR count). The summed E-state index contributed by atoms with van der Waals surface area (Å²) in [7, 11) is 0. The summed E-state index contributed by atoms with van der Waals surface area (Å²) < 4.78 is 0. The summed E-state index contributed by atoms with van der Waals surface area (Å²) in [5, 5.41) is 3.47. The van der Waals surface area contributed by atoms with Crippen LogP contribution in [-0.4, -0.2) is 24.5 Å². The molecule has 0 bridgehead atoms. The number of nitrogens with zero attached hydrogens (tertiary/aromatic N) is 1. The number of carbonyl (C=O) groups excluding carboxylic acids is 1. The molecule has 1 N–H and O–H groups in total. The minimum atomic E-state index is 0.267. The number of anilines is 1. The van der Waals surface area contributed by atoms with Crippen LogP contribution in [0.1, 0.15) is 31.7 Å². The van der Waals surface area contributed by atoms with Crippen LogP contribution in [0, 0.1) is 0 Å². The third kappa shape index (κ3) is 1.93. The number of rotatable bonds is 2. The van der Waals surface area contributed by atoms with Crippen molar-refractivity contribution in [3.63, 3.8) is 0 Å². The summed E-state index contributed by atoms with van der Waals surface area (Å²) in [6, 6.07) is 9.16. The zero-order valence-corrected chi connectivity index (χ0v) is 10.9. The van der Waals surface area contributed by atoms with Gasteiger partial charge in [0.05, 0.1) is 6.04 Å². The van der Waals surface area contributed by atoms with Crippen molar-refractivity contribution in [2.45, 2.75) is 44.7 Å². The van der Waals surface area contributed by atoms with Crippen LogP contribution < -0.4 is 10.2 Å². The van der Waals surface area contributed by atoms with E-state index in [1.807, 2.05) is 4.90 Å². The average molecular weight is 244 g/mol. The Bertz CT molecular complexity index is 440. The second-order valence-corrected chi connectivity index (χ2v) is 5.26. The van der Waals surface area contributed by atoms with Gasteiger partial charge >= 0.3 is 0 Å². The lowest BCUT2D eigenvalue weighted by Gasteiger charge is -2.32. The summed E-state index contributed by atoms with van der Waals surface area (Å²) in [6.07, 6.45) is 3.99. The molecule has 2 aliphatic heterocycles. The van der Waals surface area contributed by atoms with E-state index in [0.29, 0.717) is 18.5 Å². The van der Waals surface area contributed by atoms with Gasteiger partial charge in [-0.2, -0.15) is 0 Å². The molecule has 1 aromatic rings. The molecule has 0 radical (unpaired) electrons. The van der Waals surface area contributed by atoms with Crippen LogP contribution in [0.4, 0.5) is 5.69 Å². The number of hydrogen-bond acceptors (Lipinski definition) is 2. The van der Waals surface area contributed by atoms with Crippen LogP contribution in [0.2, 0.25) is 0 Å². The number of carbonyl (C=O) groups is 1. The van der Waals surface area contributed by atoms with Crippen LogP contribution >= 0.6 is 0 Å². The molecule has 2 heterocycles. The van der Waals surface area contributed by atoms with Gasteiger partial charge in [-0.3, -0.25) is 4.79 Å². The van der Waals surface area contributed by atoms with Crippen LogP contribution in [0.25, 0.3) is 0 Å². The molecule has 2 atom stereocenters. The normalized spacial score (nSPS) is 27.4. The lowest BCUT2D eigenvalue weighted by molar-refractivity contribution is -0.117. The van der Waals surface area contributed by atoms with E-state index in [9.17, 15) is 4.79 Å². The molecule has 2 fully saturated rings. The molecule has 1 amide bonds. The predicted octanol–water partition coefficient (Wildman–Crippen LogP) is 2.11. The molecule has 2 saturated heterocycles. The van der Waals surface area contributed by atoms with Crippen molar-refractivity contribution in [1.82, 2.24) is 5.32 Å². The highest BCUT2D eigenvalue weighted by atomic mass is 16.2. The van der Waals surface area contributed by atoms with Gasteiger partial charge in [-0.1, -0.05) is 19.1 Å². The van der Waals surface area contributed by atoms with Crippen molar-refractivity contribution in [3.8, 4) is 0 Å². The fourth-order valence-electron chi connectivity index (χ4n) is 3.15. The number of fused-ring (bicyclic) bond motifs is 1. The van der Waals surface area contributed by atoms with Gasteiger partial charge < -0.3 is 10.2 Å². The van der Waals surface area contributed by atoms with Gasteiger partial charge in [-0.15, -0.1) is 0 Å². The van der Waals surface area contributed by atoms with Crippen molar-refractivity contribution in [2.75, 3.05) is 11.4 Å². The highest BCUT2D eigenvalue weighted by Gasteiger charge is 2.41. The number of nitrogens with one attached hydrogen (secondary N) is 1. The zero-order chi connectivity index (χ0) is 12.5. The maximum atomic E-state index is 12.2. The maximum Gasteiger partial charge on any atom is 0.228 e. The highest BCUT2D eigenvalue weighted by molar-refractivity contribution is 5.97. The zero-order valence-electron chi connectivity index (χ0n) is 10.9. The second kappa shape index (κ2) is 4.73. The molecule has 2 unspecified atom stereocenters. The Morgan fingerprint density at radius 2 is 2.11 bits per heavy atom. The Morgan fingerprint density at radius 3 is 2.83 bits per heavy atom. The summed E-state index contributed by atoms with van der Waals surface area (Å²) >= 11 is 0. The van der Waals surface area contributed by atoms with Crippen LogP contribution in [-0.2, 0) is 11.2 Å². The van der Waals surface area contributed by atoms with E-state index in [4.69, 9.17) is 0 Å². The molecule has 3 nitrogen and oxygen atoms in total. The Kier molecular flexibility index (Phi) is 3.08. The first-order chi connectivity index (χ1) is 8.79. The van der Waals surface area contributed by atoms with E-state index in [2.05, 4.69) is 36.5 Å². The van der Waals surface area contributed by atoms with Crippen molar-refractivity contribution in [3.05, 3.63) is 29.8 Å². The molecular formula is C15H20N2O. The third-order valence-corrected chi connectivity index (χ3v) is 4.17. The predicted molar refractivity (Wildman–Crippen MR) is 72.7 cm³/mol. The van der Waals surface area contributed by atoms with Gasteiger partial charge in [0, 0.05) is 18.2 Å². The lowest BCUT2D eigenvalue weighted by atomic mass is 9.99. The molecular weight excluding hydrogens is 224 g/mol. The number of aryl methyl sites for hydroxylation is 1. The Hall–Kier alpha value is -1.35. The van der Waals surface area contributed by atoms with Crippen molar-refractivity contribution in [2.24, 2.45) is 0 Å². The Morgan fingerprint density at radius 1 is 1.33 bits per heavy atom. The lowest BCUT2D eigenvalue weighted by Crippen LogP contribution is -2.47. The number of amides is 1. The molecule has 96 valence electrons. The molecule has 1 aromatic carbocycles. The van der Waals surface area contributed by atoms with Gasteiger partial charge in [0.15, 0.2) is 0 Å². The van der Waals surface area contributed by atoms with E-state index in [-0.39, 0.29) is 5.91 Å². The van der Waals surface area contributed by atoms with E-state index >= 15 is 0 Å². The second-order valence-electron chi connectivity index (χ2n) is 5.26. The monoisotopic (exact) mass is 244 g/mol. The first kappa shape index (κ1) is 11.7. The maximum absolute atomic E-state index is 12.2. The quantitative estimate of drug-likeness (QED) is 0.864. The van der Waals surface area contributed by atoms with Gasteiger partial charge in [0.1, 0.15) is 0 Å². The molecule has 0 saturated carbocycles. The summed E-state index contributed by atoms with van der Waals surface area (Å²) in [4.78, 5) is 14.2. The van der Waals surface area contributed by atoms with Gasteiger partial charge in [0.2, 0.25) is 5.91 Å². The third-order valence-electron chi connectivity index (χ3n) is 4.17. The Balaban J connectivity index is 1.87. The van der Waals surface area contributed by atoms with Crippen molar-refractivity contribution >= 4 is 11.6 Å². The molecule has 2 aliphatic rings. The van der Waals surface area contributed by atoms with Crippen LogP contribution in [0.5, 0.6) is 0 Å². The van der Waals surface area contributed by atoms with Gasteiger partial charge in [-0.05, 0) is 43.5 Å². The largest absolute Gasteiger partial charge is 0.311 e. The van der Waals surface area contributed by atoms with E-state index < -0.39 is 0 Å². The van der Waals surface area contributed by atoms with E-state index in [1.165, 1.54) is 5.56 Å². The van der Waals surface area contributed by atoms with Gasteiger partial charge in [-0.25, -0.2) is 0 Å². The van der Waals surface area contributed by atoms with E-state index in [1.54, 1.807) is 0 Å². The highest BCUT2D eigenvalue weighted by Crippen LogP contribution is 2.31. The SMILES string of the molecule is CCc1ccc(N2C(=O)CC3NCCCC32)cc1. The number of benzene rings is 1. The van der Waals surface area contributed by atoms with Crippen LogP contribution in [0.3, 0.4) is 0 Å². The fraction of sp³-hybridized carbons (Fsp3) is 0.533.